The van der Waals surface area contributed by atoms with Crippen molar-refractivity contribution in [3.05, 3.63) is 65.5 Å². The Hall–Kier alpha value is -2.42. The zero-order valence-corrected chi connectivity index (χ0v) is 9.88. The molecular formula is C15H11NO2. The van der Waals surface area contributed by atoms with Gasteiger partial charge in [0, 0.05) is 24.6 Å². The van der Waals surface area contributed by atoms with Gasteiger partial charge < -0.3 is 5.11 Å². The van der Waals surface area contributed by atoms with Gasteiger partial charge in [-0.2, -0.15) is 4.57 Å². The van der Waals surface area contributed by atoms with E-state index in [1.165, 1.54) is 0 Å². The highest BCUT2D eigenvalue weighted by Crippen LogP contribution is 2.28. The minimum atomic E-state index is -0.199. The van der Waals surface area contributed by atoms with Crippen LogP contribution in [-0.4, -0.2) is 5.78 Å². The lowest BCUT2D eigenvalue weighted by molar-refractivity contribution is -0.585. The fourth-order valence-electron chi connectivity index (χ4n) is 2.24. The fourth-order valence-corrected chi connectivity index (χ4v) is 2.24. The van der Waals surface area contributed by atoms with Crippen molar-refractivity contribution in [3.63, 3.8) is 0 Å². The number of carbonyl (C=O) groups is 1. The molecule has 1 aromatic carbocycles. The van der Waals surface area contributed by atoms with Gasteiger partial charge in [0.1, 0.15) is 0 Å². The van der Waals surface area contributed by atoms with E-state index in [2.05, 4.69) is 0 Å². The molecule has 0 aliphatic heterocycles. The molecule has 3 heteroatoms. The molecule has 0 fully saturated rings. The molecule has 0 spiro atoms. The second-order valence-electron chi connectivity index (χ2n) is 4.26. The number of allylic oxidation sites excluding steroid dienone is 1. The predicted molar refractivity (Wildman–Crippen MR) is 65.3 cm³/mol. The number of fused-ring (bicyclic) bond motifs is 1. The van der Waals surface area contributed by atoms with E-state index in [-0.39, 0.29) is 17.2 Å². The van der Waals surface area contributed by atoms with E-state index < -0.39 is 0 Å². The van der Waals surface area contributed by atoms with Gasteiger partial charge in [-0.1, -0.05) is 30.3 Å². The second-order valence-corrected chi connectivity index (χ2v) is 4.26. The summed E-state index contributed by atoms with van der Waals surface area (Å²) in [6.45, 7) is 1.87. The summed E-state index contributed by atoms with van der Waals surface area (Å²) < 4.78 is 1.66. The van der Waals surface area contributed by atoms with E-state index in [9.17, 15) is 9.90 Å². The van der Waals surface area contributed by atoms with Crippen LogP contribution in [0.25, 0.3) is 11.5 Å². The van der Waals surface area contributed by atoms with E-state index in [1.807, 2.05) is 25.1 Å². The monoisotopic (exact) mass is 237 g/mol. The third kappa shape index (κ3) is 1.37. The lowest BCUT2D eigenvalue weighted by Gasteiger charge is -2.07. The number of aryl methyl sites for hydroxylation is 1. The molecule has 0 radical (unpaired) electrons. The van der Waals surface area contributed by atoms with Crippen LogP contribution in [0, 0.1) is 6.92 Å². The van der Waals surface area contributed by atoms with Gasteiger partial charge in [-0.3, -0.25) is 4.79 Å². The van der Waals surface area contributed by atoms with Crippen LogP contribution in [-0.2, 0) is 0 Å². The molecule has 0 N–H and O–H groups in total. The molecule has 2 aromatic rings. The van der Waals surface area contributed by atoms with Crippen LogP contribution >= 0.6 is 0 Å². The number of Topliss-reactive ketones (excluding diaryl/α,β-unsaturated/α-hetero) is 1. The van der Waals surface area contributed by atoms with Crippen molar-refractivity contribution in [1.82, 2.24) is 0 Å². The number of hydrogen-bond acceptors (Lipinski definition) is 2. The SMILES string of the molecule is Cc1cccc[n+]1C1=C([O-])c2ccccc2C1=O. The molecule has 0 unspecified atom stereocenters. The molecular weight excluding hydrogens is 226 g/mol. The number of pyridine rings is 1. The average Bonchev–Trinajstić information content (AvgIpc) is 2.64. The van der Waals surface area contributed by atoms with Gasteiger partial charge in [-0.25, -0.2) is 0 Å². The molecule has 88 valence electrons. The molecule has 1 aliphatic rings. The van der Waals surface area contributed by atoms with Crippen LogP contribution in [0.5, 0.6) is 0 Å². The molecule has 1 heterocycles. The Morgan fingerprint density at radius 2 is 1.67 bits per heavy atom. The van der Waals surface area contributed by atoms with Crippen molar-refractivity contribution in [1.29, 1.82) is 0 Å². The Labute approximate surface area is 105 Å². The highest BCUT2D eigenvalue weighted by Gasteiger charge is 2.32. The zero-order valence-electron chi connectivity index (χ0n) is 9.88. The Morgan fingerprint density at radius 3 is 2.33 bits per heavy atom. The van der Waals surface area contributed by atoms with Gasteiger partial charge in [0.15, 0.2) is 11.9 Å². The summed E-state index contributed by atoms with van der Waals surface area (Å²) in [4.78, 5) is 12.3. The molecule has 18 heavy (non-hydrogen) atoms. The Bertz CT molecular complexity index is 686. The minimum absolute atomic E-state index is 0.199. The van der Waals surface area contributed by atoms with Gasteiger partial charge in [-0.05, 0) is 11.3 Å². The van der Waals surface area contributed by atoms with Crippen LogP contribution in [0.4, 0.5) is 0 Å². The van der Waals surface area contributed by atoms with Crippen LogP contribution < -0.4 is 9.67 Å². The molecule has 0 amide bonds. The summed E-state index contributed by atoms with van der Waals surface area (Å²) in [5.74, 6) is -0.398. The highest BCUT2D eigenvalue weighted by atomic mass is 16.3. The fraction of sp³-hybridized carbons (Fsp3) is 0.0667. The number of aromatic nitrogens is 1. The molecule has 0 atom stereocenters. The predicted octanol–water partition coefficient (Wildman–Crippen LogP) is 1.16. The normalized spacial score (nSPS) is 13.9. The summed E-state index contributed by atoms with van der Waals surface area (Å²) in [7, 11) is 0. The van der Waals surface area contributed by atoms with E-state index >= 15 is 0 Å². The van der Waals surface area contributed by atoms with E-state index in [4.69, 9.17) is 0 Å². The summed E-state index contributed by atoms with van der Waals surface area (Å²) in [5.41, 5.74) is 2.07. The number of nitrogens with zero attached hydrogens (tertiary/aromatic N) is 1. The van der Waals surface area contributed by atoms with Crippen molar-refractivity contribution in [2.24, 2.45) is 0 Å². The van der Waals surface area contributed by atoms with E-state index in [0.717, 1.165) is 5.69 Å². The van der Waals surface area contributed by atoms with Gasteiger partial charge in [-0.15, -0.1) is 0 Å². The maximum Gasteiger partial charge on any atom is 0.257 e. The molecule has 0 saturated carbocycles. The molecule has 1 aromatic heterocycles. The number of rotatable bonds is 1. The zero-order chi connectivity index (χ0) is 12.7. The third-order valence-electron chi connectivity index (χ3n) is 3.15. The first kappa shape index (κ1) is 10.7. The van der Waals surface area contributed by atoms with E-state index in [0.29, 0.717) is 11.1 Å². The Balaban J connectivity index is 2.25. The molecule has 3 rings (SSSR count). The van der Waals surface area contributed by atoms with Crippen molar-refractivity contribution in [2.75, 3.05) is 0 Å². The van der Waals surface area contributed by atoms with Crippen LogP contribution in [0.15, 0.2) is 48.7 Å². The first-order valence-electron chi connectivity index (χ1n) is 5.73. The van der Waals surface area contributed by atoms with Crippen LogP contribution in [0.1, 0.15) is 21.6 Å². The quantitative estimate of drug-likeness (QED) is 0.699. The lowest BCUT2D eigenvalue weighted by atomic mass is 10.1. The van der Waals surface area contributed by atoms with Crippen LogP contribution in [0.3, 0.4) is 0 Å². The van der Waals surface area contributed by atoms with Crippen molar-refractivity contribution in [2.45, 2.75) is 6.92 Å². The van der Waals surface area contributed by atoms with Gasteiger partial charge >= 0.3 is 0 Å². The largest absolute Gasteiger partial charge is 0.867 e. The number of hydrogen-bond donors (Lipinski definition) is 0. The Morgan fingerprint density at radius 1 is 1.00 bits per heavy atom. The first-order valence-corrected chi connectivity index (χ1v) is 5.73. The second kappa shape index (κ2) is 3.81. The maximum atomic E-state index is 12.3. The number of benzene rings is 1. The smallest absolute Gasteiger partial charge is 0.257 e. The highest BCUT2D eigenvalue weighted by molar-refractivity contribution is 6.32. The van der Waals surface area contributed by atoms with E-state index in [1.54, 1.807) is 35.0 Å². The summed E-state index contributed by atoms with van der Waals surface area (Å²) >= 11 is 0. The van der Waals surface area contributed by atoms with Crippen molar-refractivity contribution in [3.8, 4) is 0 Å². The van der Waals surface area contributed by atoms with Gasteiger partial charge in [0.2, 0.25) is 0 Å². The standard InChI is InChI=1S/C15H11NO2/c1-10-6-4-5-9-16(10)13-14(17)11-7-2-3-8-12(11)15(13)18/h2-9H,1H3. The topological polar surface area (TPSA) is 44.0 Å². The summed E-state index contributed by atoms with van der Waals surface area (Å²) in [6, 6.07) is 12.5. The molecule has 0 bridgehead atoms. The van der Waals surface area contributed by atoms with Crippen LogP contribution in [0.2, 0.25) is 0 Å². The number of ketones is 1. The van der Waals surface area contributed by atoms with Crippen molar-refractivity contribution >= 4 is 17.2 Å². The first-order chi connectivity index (χ1) is 8.70. The Kier molecular flexibility index (Phi) is 2.27. The molecule has 0 saturated heterocycles. The molecule has 3 nitrogen and oxygen atoms in total. The van der Waals surface area contributed by atoms with Crippen molar-refractivity contribution < 1.29 is 14.5 Å². The van der Waals surface area contributed by atoms with Gasteiger partial charge in [0.05, 0.1) is 0 Å². The number of carbonyl (C=O) groups excluding carboxylic acids is 1. The van der Waals surface area contributed by atoms with Gasteiger partial charge in [0.25, 0.3) is 11.5 Å². The maximum absolute atomic E-state index is 12.3. The third-order valence-corrected chi connectivity index (χ3v) is 3.15. The molecule has 1 aliphatic carbocycles. The average molecular weight is 237 g/mol. The summed E-state index contributed by atoms with van der Waals surface area (Å²) in [6.07, 6.45) is 1.74. The lowest BCUT2D eigenvalue weighted by Crippen LogP contribution is -2.39. The summed E-state index contributed by atoms with van der Waals surface area (Å²) in [5, 5.41) is 12.3. The minimum Gasteiger partial charge on any atom is -0.867 e.